The van der Waals surface area contributed by atoms with Crippen LogP contribution in [0.4, 0.5) is 0 Å². The van der Waals surface area contributed by atoms with Crippen molar-refractivity contribution < 1.29 is 4.79 Å². The molecule has 0 heterocycles. The standard InChI is InChI=1S/C24H40O/c1-5-6-12-22(2)13-10-21-19-8-7-17-16-18(25)9-14-23(17,3)20(19)11-15-24(21,22)4/h17,19-21H,5-16H2,1-4H3/t17?,19?,20-,21-,22-,23-,24-/m0/s1. The van der Waals surface area contributed by atoms with Gasteiger partial charge in [0.15, 0.2) is 0 Å². The maximum absolute atomic E-state index is 12.0. The van der Waals surface area contributed by atoms with Gasteiger partial charge in [0.2, 0.25) is 0 Å². The number of carbonyl (C=O) groups is 1. The summed E-state index contributed by atoms with van der Waals surface area (Å²) in [6.45, 7) is 10.2. The summed E-state index contributed by atoms with van der Waals surface area (Å²) in [4.78, 5) is 12.0. The molecule has 0 aromatic carbocycles. The summed E-state index contributed by atoms with van der Waals surface area (Å²) in [6.07, 6.45) is 15.8. The van der Waals surface area contributed by atoms with Crippen LogP contribution in [0, 0.1) is 39.9 Å². The van der Waals surface area contributed by atoms with Gasteiger partial charge in [-0.3, -0.25) is 4.79 Å². The topological polar surface area (TPSA) is 17.1 Å². The van der Waals surface area contributed by atoms with E-state index in [0.717, 1.165) is 30.6 Å². The molecule has 0 bridgehead atoms. The lowest BCUT2D eigenvalue weighted by atomic mass is 9.43. The van der Waals surface area contributed by atoms with Gasteiger partial charge in [0, 0.05) is 12.8 Å². The van der Waals surface area contributed by atoms with E-state index in [0.29, 0.717) is 27.9 Å². The van der Waals surface area contributed by atoms with E-state index in [4.69, 9.17) is 0 Å². The Hall–Kier alpha value is -0.330. The van der Waals surface area contributed by atoms with E-state index in [1.54, 1.807) is 0 Å². The van der Waals surface area contributed by atoms with Gasteiger partial charge in [0.05, 0.1) is 0 Å². The molecule has 0 radical (unpaired) electrons. The molecule has 0 spiro atoms. The summed E-state index contributed by atoms with van der Waals surface area (Å²) in [7, 11) is 0. The molecule has 0 amide bonds. The smallest absolute Gasteiger partial charge is 0.133 e. The van der Waals surface area contributed by atoms with Gasteiger partial charge >= 0.3 is 0 Å². The van der Waals surface area contributed by atoms with Crippen molar-refractivity contribution >= 4 is 5.78 Å². The summed E-state index contributed by atoms with van der Waals surface area (Å²) in [5.74, 6) is 4.08. The first-order valence-corrected chi connectivity index (χ1v) is 11.4. The third kappa shape index (κ3) is 2.50. The predicted molar refractivity (Wildman–Crippen MR) is 104 cm³/mol. The number of hydrogen-bond acceptors (Lipinski definition) is 1. The minimum Gasteiger partial charge on any atom is -0.300 e. The van der Waals surface area contributed by atoms with E-state index < -0.39 is 0 Å². The van der Waals surface area contributed by atoms with Crippen LogP contribution in [0.15, 0.2) is 0 Å². The molecule has 0 aliphatic heterocycles. The second-order valence-electron chi connectivity index (χ2n) is 11.1. The molecule has 0 aromatic rings. The van der Waals surface area contributed by atoms with Crippen LogP contribution in [0.2, 0.25) is 0 Å². The molecule has 142 valence electrons. The number of hydrogen-bond donors (Lipinski definition) is 0. The summed E-state index contributed by atoms with van der Waals surface area (Å²) in [5.41, 5.74) is 1.64. The Bertz CT molecular complexity index is 538. The molecule has 0 aromatic heterocycles. The van der Waals surface area contributed by atoms with Crippen LogP contribution in [0.3, 0.4) is 0 Å². The van der Waals surface area contributed by atoms with Crippen molar-refractivity contribution in [1.29, 1.82) is 0 Å². The molecule has 4 aliphatic carbocycles. The van der Waals surface area contributed by atoms with Crippen LogP contribution in [0.25, 0.3) is 0 Å². The van der Waals surface area contributed by atoms with Crippen molar-refractivity contribution in [3.63, 3.8) is 0 Å². The molecule has 0 N–H and O–H groups in total. The van der Waals surface area contributed by atoms with Gasteiger partial charge in [-0.1, -0.05) is 40.5 Å². The average Bonchev–Trinajstić information content (AvgIpc) is 2.85. The average molecular weight is 345 g/mol. The lowest BCUT2D eigenvalue weighted by Gasteiger charge is -2.61. The fourth-order valence-electron chi connectivity index (χ4n) is 8.38. The van der Waals surface area contributed by atoms with Gasteiger partial charge in [0.25, 0.3) is 0 Å². The maximum Gasteiger partial charge on any atom is 0.133 e. The van der Waals surface area contributed by atoms with Gasteiger partial charge in [-0.25, -0.2) is 0 Å². The number of unbranched alkanes of at least 4 members (excludes halogenated alkanes) is 1. The number of rotatable bonds is 3. The van der Waals surface area contributed by atoms with Crippen LogP contribution in [-0.4, -0.2) is 5.78 Å². The zero-order chi connectivity index (χ0) is 17.9. The van der Waals surface area contributed by atoms with Gasteiger partial charge in [-0.2, -0.15) is 0 Å². The van der Waals surface area contributed by atoms with Crippen LogP contribution in [0.5, 0.6) is 0 Å². The minimum atomic E-state index is 0.473. The van der Waals surface area contributed by atoms with E-state index in [1.165, 1.54) is 64.2 Å². The number of carbonyl (C=O) groups excluding carboxylic acids is 1. The predicted octanol–water partition coefficient (Wildman–Crippen LogP) is 6.79. The summed E-state index contributed by atoms with van der Waals surface area (Å²) in [6, 6.07) is 0. The number of ketones is 1. The molecule has 0 saturated heterocycles. The SMILES string of the molecule is CCCC[C@@]1(C)CC[C@H]2C3CCC4CC(=O)CC[C@]4(C)[C@H]3CC[C@@]21C. The van der Waals surface area contributed by atoms with Crippen LogP contribution < -0.4 is 0 Å². The van der Waals surface area contributed by atoms with Crippen LogP contribution in [0.1, 0.15) is 105 Å². The molecular formula is C24H40O. The second kappa shape index (κ2) is 6.10. The Morgan fingerprint density at radius 3 is 2.48 bits per heavy atom. The van der Waals surface area contributed by atoms with Crippen molar-refractivity contribution in [2.45, 2.75) is 105 Å². The van der Waals surface area contributed by atoms with Gasteiger partial charge in [-0.15, -0.1) is 0 Å². The fourth-order valence-corrected chi connectivity index (χ4v) is 8.38. The van der Waals surface area contributed by atoms with Crippen molar-refractivity contribution in [3.05, 3.63) is 0 Å². The Balaban J connectivity index is 1.59. The molecule has 7 atom stereocenters. The molecule has 25 heavy (non-hydrogen) atoms. The van der Waals surface area contributed by atoms with E-state index in [9.17, 15) is 4.79 Å². The normalized spacial score (nSPS) is 52.4. The molecule has 4 saturated carbocycles. The lowest BCUT2D eigenvalue weighted by Crippen LogP contribution is -2.54. The second-order valence-corrected chi connectivity index (χ2v) is 11.1. The van der Waals surface area contributed by atoms with E-state index in [1.807, 2.05) is 0 Å². The summed E-state index contributed by atoms with van der Waals surface area (Å²) in [5, 5.41) is 0. The van der Waals surface area contributed by atoms with E-state index >= 15 is 0 Å². The molecule has 4 rings (SSSR count). The van der Waals surface area contributed by atoms with Crippen LogP contribution >= 0.6 is 0 Å². The van der Waals surface area contributed by atoms with Crippen LogP contribution in [-0.2, 0) is 4.79 Å². The minimum absolute atomic E-state index is 0.473. The molecular weight excluding hydrogens is 304 g/mol. The third-order valence-electron chi connectivity index (χ3n) is 10.3. The first-order valence-electron chi connectivity index (χ1n) is 11.4. The largest absolute Gasteiger partial charge is 0.300 e. The quantitative estimate of drug-likeness (QED) is 0.550. The Morgan fingerprint density at radius 2 is 1.72 bits per heavy atom. The van der Waals surface area contributed by atoms with Crippen molar-refractivity contribution in [2.24, 2.45) is 39.9 Å². The monoisotopic (exact) mass is 344 g/mol. The zero-order valence-electron chi connectivity index (χ0n) is 17.2. The highest BCUT2D eigenvalue weighted by Gasteiger charge is 2.62. The first-order chi connectivity index (χ1) is 11.8. The number of Topliss-reactive ketones (excluding diaryl/α,β-unsaturated/α-hetero) is 1. The lowest BCUT2D eigenvalue weighted by molar-refractivity contribution is -0.143. The molecule has 4 aliphatic rings. The summed E-state index contributed by atoms with van der Waals surface area (Å²) < 4.78 is 0. The Labute approximate surface area is 155 Å². The zero-order valence-corrected chi connectivity index (χ0v) is 17.2. The van der Waals surface area contributed by atoms with E-state index in [2.05, 4.69) is 27.7 Å². The molecule has 2 unspecified atom stereocenters. The third-order valence-corrected chi connectivity index (χ3v) is 10.3. The Kier molecular flexibility index (Phi) is 4.40. The highest BCUT2D eigenvalue weighted by molar-refractivity contribution is 5.79. The highest BCUT2D eigenvalue weighted by atomic mass is 16.1. The number of fused-ring (bicyclic) bond motifs is 5. The Morgan fingerprint density at radius 1 is 0.960 bits per heavy atom. The molecule has 4 fully saturated rings. The summed E-state index contributed by atoms with van der Waals surface area (Å²) >= 11 is 0. The highest BCUT2D eigenvalue weighted by Crippen LogP contribution is 2.71. The van der Waals surface area contributed by atoms with E-state index in [-0.39, 0.29) is 0 Å². The maximum atomic E-state index is 12.0. The molecule has 1 nitrogen and oxygen atoms in total. The van der Waals surface area contributed by atoms with Crippen molar-refractivity contribution in [1.82, 2.24) is 0 Å². The van der Waals surface area contributed by atoms with Gasteiger partial charge in [-0.05, 0) is 91.3 Å². The fraction of sp³-hybridized carbons (Fsp3) is 0.958. The van der Waals surface area contributed by atoms with Crippen molar-refractivity contribution in [2.75, 3.05) is 0 Å². The van der Waals surface area contributed by atoms with Gasteiger partial charge in [0.1, 0.15) is 5.78 Å². The first kappa shape index (κ1) is 18.1. The van der Waals surface area contributed by atoms with Gasteiger partial charge < -0.3 is 0 Å². The van der Waals surface area contributed by atoms with Crippen molar-refractivity contribution in [3.8, 4) is 0 Å². The molecule has 1 heteroatoms.